The summed E-state index contributed by atoms with van der Waals surface area (Å²) in [5, 5.41) is 0. The van der Waals surface area contributed by atoms with Crippen LogP contribution in [0.2, 0.25) is 0 Å². The molecule has 67 heavy (non-hydrogen) atoms. The van der Waals surface area contributed by atoms with Gasteiger partial charge in [-0.05, 0) is 146 Å². The zero-order chi connectivity index (χ0) is 45.7. The minimum absolute atomic E-state index is 0.0281. The fourth-order valence-electron chi connectivity index (χ4n) is 12.2. The second-order valence-electron chi connectivity index (χ2n) is 20.4. The molecule has 0 N–H and O–H groups in total. The Bertz CT molecular complexity index is 2900. The first-order valence-electron chi connectivity index (χ1n) is 26.1. The molecule has 0 aromatic heterocycles. The Morgan fingerprint density at radius 3 is 1.70 bits per heavy atom. The van der Waals surface area contributed by atoms with Crippen molar-refractivity contribution in [1.82, 2.24) is 0 Å². The van der Waals surface area contributed by atoms with E-state index in [4.69, 9.17) is 0 Å². The quantitative estimate of drug-likeness (QED) is 0.0711. The summed E-state index contributed by atoms with van der Waals surface area (Å²) in [6.07, 6.45) is 35.0. The first kappa shape index (κ1) is 44.8. The molecule has 2 unspecified atom stereocenters. The maximum absolute atomic E-state index is 2.65. The van der Waals surface area contributed by atoms with Gasteiger partial charge >= 0.3 is 0 Å². The van der Waals surface area contributed by atoms with Gasteiger partial charge in [0.2, 0.25) is 0 Å². The number of aryl methyl sites for hydroxylation is 2. The minimum atomic E-state index is 0.0281. The lowest BCUT2D eigenvalue weighted by molar-refractivity contribution is 0.398. The van der Waals surface area contributed by atoms with Crippen molar-refractivity contribution < 1.29 is 0 Å². The fourth-order valence-corrected chi connectivity index (χ4v) is 12.2. The van der Waals surface area contributed by atoms with Crippen LogP contribution in [0.1, 0.15) is 132 Å². The van der Waals surface area contributed by atoms with Crippen LogP contribution in [0.5, 0.6) is 0 Å². The Kier molecular flexibility index (Phi) is 13.4. The van der Waals surface area contributed by atoms with E-state index in [0.717, 1.165) is 0 Å². The third-order valence-corrected chi connectivity index (χ3v) is 15.7. The summed E-state index contributed by atoms with van der Waals surface area (Å²) in [6, 6.07) is 49.5. The summed E-state index contributed by atoms with van der Waals surface area (Å²) in [6.45, 7) is 9.15. The molecular weight excluding hydrogens is 805 g/mol. The van der Waals surface area contributed by atoms with E-state index >= 15 is 0 Å². The molecule has 2 atom stereocenters. The van der Waals surface area contributed by atoms with Crippen LogP contribution >= 0.6 is 0 Å². The third kappa shape index (κ3) is 9.22. The second-order valence-corrected chi connectivity index (χ2v) is 20.4. The molecule has 0 heteroatoms. The van der Waals surface area contributed by atoms with Gasteiger partial charge in [0.05, 0.1) is 0 Å². The fraction of sp³-hybridized carbons (Fsp3) is 0.313. The van der Waals surface area contributed by atoms with Crippen molar-refractivity contribution in [3.8, 4) is 55.6 Å². The molecule has 4 aliphatic carbocycles. The molecule has 0 fully saturated rings. The average molecular weight is 875 g/mol. The molecule has 10 rings (SSSR count). The standard InChI is InChI=1S/C67H70/c1-5-7-9-11-13-17-36-67(37-18-14-12-10-8-6-2)64-39-48(4)30-34-62(64)63-35-33-51(46-65(63)67)57-43-56(44-59(45-57)58-41-54-27-20-23-49-31-32-55(42-58)66(49)54)50-24-21-26-53(40-50)61-29-16-15-28-60(61)52-25-19-22-47(3)38-52/h15-16,19-35,38-46,55,66H,5-14,17-18,36-37H2,1-4H3. The van der Waals surface area contributed by atoms with Crippen LogP contribution in [0, 0.1) is 25.7 Å². The van der Waals surface area contributed by atoms with Crippen LogP contribution in [0.25, 0.3) is 61.2 Å². The Morgan fingerprint density at radius 2 is 1.00 bits per heavy atom. The SMILES string of the molecule is CCCCCCCCC1(CCCCCCCC)c2cc(C)ccc2-c2ccc(-c3cc(C4=CC5C=CC6=CC=CC(=C4)C65)cc(-c4cccc(-c5ccccc5-c5cccc(C)c5)c4)c3)cc21. The Labute approximate surface area is 403 Å². The highest BCUT2D eigenvalue weighted by Crippen LogP contribution is 2.56. The number of allylic oxidation sites excluding steroid dienone is 10. The minimum Gasteiger partial charge on any atom is -0.0763 e. The highest BCUT2D eigenvalue weighted by molar-refractivity contribution is 5.90. The normalized spacial score (nSPS) is 17.2. The van der Waals surface area contributed by atoms with Gasteiger partial charge in [-0.15, -0.1) is 0 Å². The molecule has 0 bridgehead atoms. The van der Waals surface area contributed by atoms with E-state index in [1.165, 1.54) is 179 Å². The van der Waals surface area contributed by atoms with E-state index in [1.54, 1.807) is 11.1 Å². The summed E-state index contributed by atoms with van der Waals surface area (Å²) >= 11 is 0. The monoisotopic (exact) mass is 875 g/mol. The largest absolute Gasteiger partial charge is 0.0763 e. The predicted molar refractivity (Wildman–Crippen MR) is 289 cm³/mol. The molecule has 0 heterocycles. The molecular formula is C67H70. The van der Waals surface area contributed by atoms with Gasteiger partial charge < -0.3 is 0 Å². The molecule has 6 aromatic carbocycles. The second kappa shape index (κ2) is 20.1. The number of rotatable bonds is 19. The van der Waals surface area contributed by atoms with E-state index in [-0.39, 0.29) is 5.41 Å². The van der Waals surface area contributed by atoms with Gasteiger partial charge in [0.1, 0.15) is 0 Å². The van der Waals surface area contributed by atoms with E-state index < -0.39 is 0 Å². The molecule has 0 amide bonds. The lowest BCUT2D eigenvalue weighted by Crippen LogP contribution is -2.25. The maximum Gasteiger partial charge on any atom is 0.0215 e. The molecule has 0 saturated heterocycles. The number of hydrogen-bond donors (Lipinski definition) is 0. The van der Waals surface area contributed by atoms with Crippen LogP contribution in [0.4, 0.5) is 0 Å². The molecule has 0 aliphatic heterocycles. The molecule has 0 saturated carbocycles. The van der Waals surface area contributed by atoms with Gasteiger partial charge in [-0.2, -0.15) is 0 Å². The summed E-state index contributed by atoms with van der Waals surface area (Å²) in [4.78, 5) is 0. The third-order valence-electron chi connectivity index (χ3n) is 15.7. The summed E-state index contributed by atoms with van der Waals surface area (Å²) in [7, 11) is 0. The Morgan fingerprint density at radius 1 is 0.433 bits per heavy atom. The smallest absolute Gasteiger partial charge is 0.0215 e. The van der Waals surface area contributed by atoms with Gasteiger partial charge in [-0.25, -0.2) is 0 Å². The highest BCUT2D eigenvalue weighted by Gasteiger charge is 2.42. The molecule has 4 aliphatic rings. The van der Waals surface area contributed by atoms with Crippen molar-refractivity contribution >= 4 is 5.57 Å². The van der Waals surface area contributed by atoms with Crippen LogP contribution in [0.15, 0.2) is 181 Å². The van der Waals surface area contributed by atoms with Crippen LogP contribution in [-0.2, 0) is 5.41 Å². The molecule has 338 valence electrons. The number of fused-ring (bicyclic) bond motifs is 3. The van der Waals surface area contributed by atoms with E-state index in [0.29, 0.717) is 11.8 Å². The van der Waals surface area contributed by atoms with Gasteiger partial charge in [0, 0.05) is 17.3 Å². The van der Waals surface area contributed by atoms with Crippen molar-refractivity contribution in [3.63, 3.8) is 0 Å². The van der Waals surface area contributed by atoms with Gasteiger partial charge in [-0.1, -0.05) is 242 Å². The van der Waals surface area contributed by atoms with Crippen LogP contribution < -0.4 is 0 Å². The highest BCUT2D eigenvalue weighted by atomic mass is 14.5. The van der Waals surface area contributed by atoms with Gasteiger partial charge in [-0.3, -0.25) is 0 Å². The molecule has 0 nitrogen and oxygen atoms in total. The first-order valence-corrected chi connectivity index (χ1v) is 26.1. The first-order chi connectivity index (χ1) is 32.9. The maximum atomic E-state index is 2.65. The zero-order valence-corrected chi connectivity index (χ0v) is 40.7. The van der Waals surface area contributed by atoms with Gasteiger partial charge in [0.15, 0.2) is 0 Å². The summed E-state index contributed by atoms with van der Waals surface area (Å²) in [5.41, 5.74) is 24.4. The lowest BCUT2D eigenvalue weighted by Gasteiger charge is -2.33. The number of hydrogen-bond acceptors (Lipinski definition) is 0. The van der Waals surface area contributed by atoms with E-state index in [1.807, 2.05) is 0 Å². The van der Waals surface area contributed by atoms with E-state index in [2.05, 4.69) is 198 Å². The lowest BCUT2D eigenvalue weighted by atomic mass is 9.70. The zero-order valence-electron chi connectivity index (χ0n) is 40.7. The number of benzene rings is 6. The Balaban J connectivity index is 1.09. The van der Waals surface area contributed by atoms with Gasteiger partial charge in [0.25, 0.3) is 0 Å². The Hall–Kier alpha value is -5.98. The molecule has 6 aromatic rings. The van der Waals surface area contributed by atoms with Crippen molar-refractivity contribution in [2.24, 2.45) is 11.8 Å². The molecule has 0 radical (unpaired) electrons. The topological polar surface area (TPSA) is 0 Å². The summed E-state index contributed by atoms with van der Waals surface area (Å²) < 4.78 is 0. The van der Waals surface area contributed by atoms with Crippen molar-refractivity contribution in [2.75, 3.05) is 0 Å². The number of unbranched alkanes of at least 4 members (excludes halogenated alkanes) is 10. The van der Waals surface area contributed by atoms with Crippen molar-refractivity contribution in [3.05, 3.63) is 209 Å². The van der Waals surface area contributed by atoms with Crippen LogP contribution in [0.3, 0.4) is 0 Å². The van der Waals surface area contributed by atoms with Crippen LogP contribution in [-0.4, -0.2) is 0 Å². The molecule has 0 spiro atoms. The predicted octanol–water partition coefficient (Wildman–Crippen LogP) is 19.4. The summed E-state index contributed by atoms with van der Waals surface area (Å²) in [5.74, 6) is 0.821. The van der Waals surface area contributed by atoms with Crippen molar-refractivity contribution in [2.45, 2.75) is 123 Å². The average Bonchev–Trinajstić information content (AvgIpc) is 3.90. The van der Waals surface area contributed by atoms with Crippen molar-refractivity contribution in [1.29, 1.82) is 0 Å². The van der Waals surface area contributed by atoms with E-state index in [9.17, 15) is 0 Å².